The molecule has 1 fully saturated rings. The predicted octanol–water partition coefficient (Wildman–Crippen LogP) is 2.78. The smallest absolute Gasteiger partial charge is 0.192 e. The van der Waals surface area contributed by atoms with E-state index in [1.807, 2.05) is 0 Å². The molecule has 1 atom stereocenters. The lowest BCUT2D eigenvalue weighted by Gasteiger charge is -2.41. The summed E-state index contributed by atoms with van der Waals surface area (Å²) in [6.45, 7) is 5.25. The van der Waals surface area contributed by atoms with E-state index in [4.69, 9.17) is 5.73 Å². The lowest BCUT2D eigenvalue weighted by molar-refractivity contribution is 0.166. The maximum atomic E-state index is 6.20. The zero-order valence-electron chi connectivity index (χ0n) is 11.9. The molecule has 1 aromatic carbocycles. The average molecular weight is 257 g/mol. The van der Waals surface area contributed by atoms with E-state index in [1.165, 1.54) is 36.8 Å². The van der Waals surface area contributed by atoms with Gasteiger partial charge in [-0.1, -0.05) is 37.1 Å². The van der Waals surface area contributed by atoms with Gasteiger partial charge in [0.25, 0.3) is 0 Å². The molecule has 102 valence electrons. The first-order valence-electron chi connectivity index (χ1n) is 7.28. The van der Waals surface area contributed by atoms with E-state index in [1.54, 1.807) is 0 Å². The number of benzene rings is 1. The summed E-state index contributed by atoms with van der Waals surface area (Å²) >= 11 is 0. The number of nitrogens with two attached hydrogens (primary N) is 1. The molecular formula is C16H23N3. The van der Waals surface area contributed by atoms with Crippen LogP contribution in [0.15, 0.2) is 29.3 Å². The molecule has 1 saturated carbocycles. The van der Waals surface area contributed by atoms with Crippen molar-refractivity contribution in [2.75, 3.05) is 6.54 Å². The first-order chi connectivity index (χ1) is 9.13. The molecule has 2 aliphatic rings. The van der Waals surface area contributed by atoms with Gasteiger partial charge in [0.1, 0.15) is 0 Å². The van der Waals surface area contributed by atoms with Crippen molar-refractivity contribution in [1.82, 2.24) is 4.90 Å². The number of guanidine groups is 1. The molecule has 0 bridgehead atoms. The zero-order chi connectivity index (χ0) is 13.5. The SMILES string of the molecule is Cc1ccccc1C1(C)CN=C(N)N1C1CCCC1. The molecule has 19 heavy (non-hydrogen) atoms. The summed E-state index contributed by atoms with van der Waals surface area (Å²) in [7, 11) is 0. The van der Waals surface area contributed by atoms with Gasteiger partial charge in [0.15, 0.2) is 5.96 Å². The minimum atomic E-state index is -0.0650. The van der Waals surface area contributed by atoms with E-state index >= 15 is 0 Å². The Morgan fingerprint density at radius 1 is 1.26 bits per heavy atom. The molecule has 2 N–H and O–H groups in total. The summed E-state index contributed by atoms with van der Waals surface area (Å²) < 4.78 is 0. The molecule has 0 aromatic heterocycles. The minimum absolute atomic E-state index is 0.0650. The Hall–Kier alpha value is -1.51. The Bertz CT molecular complexity index is 502. The van der Waals surface area contributed by atoms with Gasteiger partial charge in [-0.2, -0.15) is 0 Å². The van der Waals surface area contributed by atoms with E-state index < -0.39 is 0 Å². The molecule has 3 nitrogen and oxygen atoms in total. The quantitative estimate of drug-likeness (QED) is 0.885. The molecule has 1 aliphatic heterocycles. The second-order valence-electron chi connectivity index (χ2n) is 6.07. The second kappa shape index (κ2) is 4.55. The van der Waals surface area contributed by atoms with Crippen LogP contribution in [0.5, 0.6) is 0 Å². The topological polar surface area (TPSA) is 41.6 Å². The highest BCUT2D eigenvalue weighted by molar-refractivity contribution is 5.81. The van der Waals surface area contributed by atoms with E-state index in [0.717, 1.165) is 12.5 Å². The third-order valence-corrected chi connectivity index (χ3v) is 4.74. The molecule has 1 aromatic rings. The molecule has 0 saturated heterocycles. The van der Waals surface area contributed by atoms with Crippen LogP contribution in [0, 0.1) is 6.92 Å². The predicted molar refractivity (Wildman–Crippen MR) is 79.1 cm³/mol. The summed E-state index contributed by atoms with van der Waals surface area (Å²) in [6, 6.07) is 9.19. The molecule has 1 aliphatic carbocycles. The number of aliphatic imine (C=N–C) groups is 1. The maximum Gasteiger partial charge on any atom is 0.192 e. The summed E-state index contributed by atoms with van der Waals surface area (Å²) in [4.78, 5) is 6.94. The van der Waals surface area contributed by atoms with Crippen LogP contribution in [0.4, 0.5) is 0 Å². The van der Waals surface area contributed by atoms with E-state index in [0.29, 0.717) is 6.04 Å². The fraction of sp³-hybridized carbons (Fsp3) is 0.562. The first kappa shape index (κ1) is 12.5. The van der Waals surface area contributed by atoms with Crippen LogP contribution < -0.4 is 5.73 Å². The lowest BCUT2D eigenvalue weighted by atomic mass is 9.86. The van der Waals surface area contributed by atoms with Crippen molar-refractivity contribution in [3.8, 4) is 0 Å². The molecule has 0 amide bonds. The fourth-order valence-electron chi connectivity index (χ4n) is 3.78. The van der Waals surface area contributed by atoms with Gasteiger partial charge in [-0.25, -0.2) is 0 Å². The standard InChI is InChI=1S/C16H23N3/c1-12-7-3-6-10-14(12)16(2)11-18-15(17)19(16)13-8-4-5-9-13/h3,6-7,10,13H,4-5,8-9,11H2,1-2H3,(H2,17,18). The number of aryl methyl sites for hydroxylation is 1. The van der Waals surface area contributed by atoms with Crippen molar-refractivity contribution < 1.29 is 0 Å². The van der Waals surface area contributed by atoms with Gasteiger partial charge in [-0.15, -0.1) is 0 Å². The van der Waals surface area contributed by atoms with Crippen molar-refractivity contribution in [3.05, 3.63) is 35.4 Å². The number of hydrogen-bond donors (Lipinski definition) is 1. The minimum Gasteiger partial charge on any atom is -0.370 e. The zero-order valence-corrected chi connectivity index (χ0v) is 11.9. The van der Waals surface area contributed by atoms with E-state index in [9.17, 15) is 0 Å². The van der Waals surface area contributed by atoms with Crippen LogP contribution in [0.2, 0.25) is 0 Å². The van der Waals surface area contributed by atoms with Crippen LogP contribution in [0.25, 0.3) is 0 Å². The molecule has 3 heteroatoms. The Balaban J connectivity index is 2.00. The van der Waals surface area contributed by atoms with Gasteiger partial charge >= 0.3 is 0 Å². The first-order valence-corrected chi connectivity index (χ1v) is 7.28. The van der Waals surface area contributed by atoms with Gasteiger partial charge in [-0.05, 0) is 37.8 Å². The van der Waals surface area contributed by atoms with Gasteiger partial charge < -0.3 is 10.6 Å². The van der Waals surface area contributed by atoms with Crippen molar-refractivity contribution >= 4 is 5.96 Å². The van der Waals surface area contributed by atoms with Crippen LogP contribution in [-0.2, 0) is 5.54 Å². The van der Waals surface area contributed by atoms with E-state index in [2.05, 4.69) is 48.0 Å². The van der Waals surface area contributed by atoms with Crippen LogP contribution >= 0.6 is 0 Å². The van der Waals surface area contributed by atoms with Gasteiger partial charge in [-0.3, -0.25) is 4.99 Å². The number of hydrogen-bond acceptors (Lipinski definition) is 3. The molecule has 0 spiro atoms. The molecular weight excluding hydrogens is 234 g/mol. The Morgan fingerprint density at radius 2 is 1.95 bits per heavy atom. The highest BCUT2D eigenvalue weighted by atomic mass is 15.4. The van der Waals surface area contributed by atoms with Crippen LogP contribution in [0.1, 0.15) is 43.7 Å². The van der Waals surface area contributed by atoms with Crippen molar-refractivity contribution in [2.45, 2.75) is 51.1 Å². The highest BCUT2D eigenvalue weighted by Gasteiger charge is 2.44. The van der Waals surface area contributed by atoms with Gasteiger partial charge in [0, 0.05) is 6.04 Å². The average Bonchev–Trinajstić information content (AvgIpc) is 2.99. The Labute approximate surface area is 115 Å². The summed E-state index contributed by atoms with van der Waals surface area (Å²) in [5, 5.41) is 0. The molecule has 0 radical (unpaired) electrons. The maximum absolute atomic E-state index is 6.20. The number of nitrogens with zero attached hydrogens (tertiary/aromatic N) is 2. The van der Waals surface area contributed by atoms with Crippen LogP contribution in [0.3, 0.4) is 0 Å². The van der Waals surface area contributed by atoms with Crippen molar-refractivity contribution in [3.63, 3.8) is 0 Å². The monoisotopic (exact) mass is 257 g/mol. The van der Waals surface area contributed by atoms with E-state index in [-0.39, 0.29) is 5.54 Å². The Kier molecular flexibility index (Phi) is 3.00. The van der Waals surface area contributed by atoms with Gasteiger partial charge in [0.2, 0.25) is 0 Å². The second-order valence-corrected chi connectivity index (χ2v) is 6.07. The molecule has 1 unspecified atom stereocenters. The summed E-state index contributed by atoms with van der Waals surface area (Å²) in [5.41, 5.74) is 8.83. The number of rotatable bonds is 2. The summed E-state index contributed by atoms with van der Waals surface area (Å²) in [5.74, 6) is 0.734. The molecule has 3 rings (SSSR count). The largest absolute Gasteiger partial charge is 0.370 e. The summed E-state index contributed by atoms with van der Waals surface area (Å²) in [6.07, 6.45) is 5.13. The van der Waals surface area contributed by atoms with Crippen molar-refractivity contribution in [1.29, 1.82) is 0 Å². The lowest BCUT2D eigenvalue weighted by Crippen LogP contribution is -2.52. The Morgan fingerprint density at radius 3 is 2.63 bits per heavy atom. The third-order valence-electron chi connectivity index (χ3n) is 4.74. The fourth-order valence-corrected chi connectivity index (χ4v) is 3.78. The van der Waals surface area contributed by atoms with Gasteiger partial charge in [0.05, 0.1) is 12.1 Å². The highest BCUT2D eigenvalue weighted by Crippen LogP contribution is 2.39. The van der Waals surface area contributed by atoms with Crippen LogP contribution in [-0.4, -0.2) is 23.4 Å². The third kappa shape index (κ3) is 1.92. The molecule has 1 heterocycles. The normalized spacial score (nSPS) is 27.9. The van der Waals surface area contributed by atoms with Crippen molar-refractivity contribution in [2.24, 2.45) is 10.7 Å².